The lowest BCUT2D eigenvalue weighted by molar-refractivity contribution is -0.138. The molecule has 3 saturated heterocycles. The Balaban J connectivity index is 1.50. The predicted octanol–water partition coefficient (Wildman–Crippen LogP) is 2.44. The smallest absolute Gasteiger partial charge is 0.243 e. The number of hydrogen-bond acceptors (Lipinski definition) is 4. The standard InChI is InChI=1S/C20H25FN2O3S/c1-19-6-5-17(24)23(19)16(12-27-19)18(25)22-13-20(7-9-26-10-8-20)14-3-2-4-15(21)11-14/h2-4,11,16H,5-10,12-13H2,1H3,(H,22,25). The first-order valence-electron chi connectivity index (χ1n) is 9.51. The Kier molecular flexibility index (Phi) is 4.93. The van der Waals surface area contributed by atoms with E-state index in [0.717, 1.165) is 24.8 Å². The molecule has 7 heteroatoms. The molecule has 146 valence electrons. The van der Waals surface area contributed by atoms with Gasteiger partial charge in [0.25, 0.3) is 0 Å². The topological polar surface area (TPSA) is 58.6 Å². The van der Waals surface area contributed by atoms with E-state index in [1.165, 1.54) is 6.07 Å². The fourth-order valence-corrected chi connectivity index (χ4v) is 5.97. The molecule has 0 saturated carbocycles. The van der Waals surface area contributed by atoms with Crippen molar-refractivity contribution in [2.45, 2.75) is 48.9 Å². The summed E-state index contributed by atoms with van der Waals surface area (Å²) in [5, 5.41) is 3.08. The first-order chi connectivity index (χ1) is 12.9. The van der Waals surface area contributed by atoms with Crippen molar-refractivity contribution in [3.05, 3.63) is 35.6 Å². The van der Waals surface area contributed by atoms with Crippen LogP contribution in [0.5, 0.6) is 0 Å². The molecule has 3 aliphatic heterocycles. The maximum absolute atomic E-state index is 13.8. The van der Waals surface area contributed by atoms with E-state index >= 15 is 0 Å². The Morgan fingerprint density at radius 3 is 2.89 bits per heavy atom. The molecule has 3 heterocycles. The molecule has 2 atom stereocenters. The van der Waals surface area contributed by atoms with Crippen LogP contribution >= 0.6 is 11.8 Å². The number of ether oxygens (including phenoxy) is 1. The second kappa shape index (κ2) is 7.09. The van der Waals surface area contributed by atoms with Crippen LogP contribution in [0, 0.1) is 5.82 Å². The largest absolute Gasteiger partial charge is 0.381 e. The van der Waals surface area contributed by atoms with Crippen molar-refractivity contribution in [2.24, 2.45) is 0 Å². The van der Waals surface area contributed by atoms with Crippen molar-refractivity contribution in [3.8, 4) is 0 Å². The van der Waals surface area contributed by atoms with Crippen LogP contribution in [0.15, 0.2) is 24.3 Å². The molecular formula is C20H25FN2O3S. The number of hydrogen-bond donors (Lipinski definition) is 1. The summed E-state index contributed by atoms with van der Waals surface area (Å²) < 4.78 is 19.3. The van der Waals surface area contributed by atoms with Gasteiger partial charge >= 0.3 is 0 Å². The number of carbonyl (C=O) groups is 2. The quantitative estimate of drug-likeness (QED) is 0.855. The van der Waals surface area contributed by atoms with Gasteiger partial charge in [-0.15, -0.1) is 11.8 Å². The zero-order chi connectivity index (χ0) is 19.1. The van der Waals surface area contributed by atoms with Crippen molar-refractivity contribution < 1.29 is 18.7 Å². The summed E-state index contributed by atoms with van der Waals surface area (Å²) in [6, 6.07) is 6.22. The lowest BCUT2D eigenvalue weighted by atomic mass is 9.74. The molecule has 0 radical (unpaired) electrons. The van der Waals surface area contributed by atoms with Crippen molar-refractivity contribution in [1.29, 1.82) is 0 Å². The van der Waals surface area contributed by atoms with Crippen LogP contribution in [0.2, 0.25) is 0 Å². The molecule has 0 bridgehead atoms. The summed E-state index contributed by atoms with van der Waals surface area (Å²) in [5.41, 5.74) is 0.564. The molecule has 1 aromatic rings. The number of amides is 2. The van der Waals surface area contributed by atoms with Crippen LogP contribution in [0.3, 0.4) is 0 Å². The highest BCUT2D eigenvalue weighted by atomic mass is 32.2. The van der Waals surface area contributed by atoms with Gasteiger partial charge in [-0.1, -0.05) is 12.1 Å². The SMILES string of the molecule is CC12CCC(=O)N1C(C(=O)NCC1(c3cccc(F)c3)CCOCC1)CS2. The molecule has 1 N–H and O–H groups in total. The third kappa shape index (κ3) is 3.36. The highest BCUT2D eigenvalue weighted by Gasteiger charge is 2.53. The Hall–Kier alpha value is -1.60. The van der Waals surface area contributed by atoms with Gasteiger partial charge in [-0.3, -0.25) is 9.59 Å². The van der Waals surface area contributed by atoms with Gasteiger partial charge in [-0.25, -0.2) is 4.39 Å². The summed E-state index contributed by atoms with van der Waals surface area (Å²) in [7, 11) is 0. The van der Waals surface area contributed by atoms with Crippen molar-refractivity contribution in [2.75, 3.05) is 25.5 Å². The summed E-state index contributed by atoms with van der Waals surface area (Å²) >= 11 is 1.69. The Morgan fingerprint density at radius 1 is 1.37 bits per heavy atom. The van der Waals surface area contributed by atoms with Crippen LogP contribution < -0.4 is 5.32 Å². The van der Waals surface area contributed by atoms with Gasteiger partial charge in [0.1, 0.15) is 11.9 Å². The van der Waals surface area contributed by atoms with E-state index in [1.807, 2.05) is 13.0 Å². The van der Waals surface area contributed by atoms with Crippen molar-refractivity contribution in [3.63, 3.8) is 0 Å². The van der Waals surface area contributed by atoms with E-state index in [9.17, 15) is 14.0 Å². The van der Waals surface area contributed by atoms with Crippen molar-refractivity contribution in [1.82, 2.24) is 10.2 Å². The molecule has 0 aliphatic carbocycles. The average molecular weight is 392 g/mol. The zero-order valence-electron chi connectivity index (χ0n) is 15.5. The summed E-state index contributed by atoms with van der Waals surface area (Å²) in [6.45, 7) is 3.66. The van der Waals surface area contributed by atoms with E-state index in [4.69, 9.17) is 4.74 Å². The average Bonchev–Trinajstić information content (AvgIpc) is 3.16. The lowest BCUT2D eigenvalue weighted by Gasteiger charge is -2.38. The monoisotopic (exact) mass is 392 g/mol. The number of fused-ring (bicyclic) bond motifs is 1. The number of rotatable bonds is 4. The number of carbonyl (C=O) groups excluding carboxylic acids is 2. The number of nitrogens with zero attached hydrogens (tertiary/aromatic N) is 1. The van der Waals surface area contributed by atoms with E-state index in [2.05, 4.69) is 5.32 Å². The second-order valence-corrected chi connectivity index (χ2v) is 9.39. The third-order valence-corrected chi connectivity index (χ3v) is 7.74. The summed E-state index contributed by atoms with van der Waals surface area (Å²) in [4.78, 5) is 26.7. The highest BCUT2D eigenvalue weighted by molar-refractivity contribution is 8.01. The molecular weight excluding hydrogens is 367 g/mol. The molecule has 2 unspecified atom stereocenters. The lowest BCUT2D eigenvalue weighted by Crippen LogP contribution is -2.53. The molecule has 0 aromatic heterocycles. The number of halogens is 1. The Bertz CT molecular complexity index is 752. The van der Waals surface area contributed by atoms with Crippen LogP contribution in [0.4, 0.5) is 4.39 Å². The van der Waals surface area contributed by atoms with E-state index in [0.29, 0.717) is 31.9 Å². The summed E-state index contributed by atoms with van der Waals surface area (Å²) in [6.07, 6.45) is 2.77. The fourth-order valence-electron chi connectivity index (χ4n) is 4.54. The van der Waals surface area contributed by atoms with Gasteiger partial charge in [0.05, 0.1) is 4.87 Å². The Morgan fingerprint density at radius 2 is 2.15 bits per heavy atom. The minimum atomic E-state index is -0.417. The first-order valence-corrected chi connectivity index (χ1v) is 10.5. The minimum absolute atomic E-state index is 0.0635. The maximum atomic E-state index is 13.8. The normalized spacial score (nSPS) is 29.6. The number of thioether (sulfide) groups is 1. The minimum Gasteiger partial charge on any atom is -0.381 e. The van der Waals surface area contributed by atoms with Gasteiger partial charge in [-0.2, -0.15) is 0 Å². The van der Waals surface area contributed by atoms with Crippen molar-refractivity contribution >= 4 is 23.6 Å². The Labute approximate surface area is 163 Å². The van der Waals surface area contributed by atoms with Gasteiger partial charge in [-0.05, 0) is 43.9 Å². The molecule has 5 nitrogen and oxygen atoms in total. The van der Waals surface area contributed by atoms with Crippen LogP contribution in [-0.4, -0.2) is 53.1 Å². The van der Waals surface area contributed by atoms with Gasteiger partial charge < -0.3 is 15.0 Å². The summed E-state index contributed by atoms with van der Waals surface area (Å²) in [5.74, 6) is 0.317. The maximum Gasteiger partial charge on any atom is 0.243 e. The van der Waals surface area contributed by atoms with Crippen LogP contribution in [-0.2, 0) is 19.7 Å². The molecule has 3 aliphatic rings. The molecule has 27 heavy (non-hydrogen) atoms. The van der Waals surface area contributed by atoms with E-state index in [-0.39, 0.29) is 27.9 Å². The highest BCUT2D eigenvalue weighted by Crippen LogP contribution is 2.47. The first kappa shape index (κ1) is 18.7. The zero-order valence-corrected chi connectivity index (χ0v) is 16.3. The molecule has 3 fully saturated rings. The predicted molar refractivity (Wildman–Crippen MR) is 102 cm³/mol. The number of nitrogens with one attached hydrogen (secondary N) is 1. The fraction of sp³-hybridized carbons (Fsp3) is 0.600. The second-order valence-electron chi connectivity index (χ2n) is 7.89. The van der Waals surface area contributed by atoms with Crippen LogP contribution in [0.25, 0.3) is 0 Å². The van der Waals surface area contributed by atoms with E-state index in [1.54, 1.807) is 28.8 Å². The molecule has 0 spiro atoms. The van der Waals surface area contributed by atoms with E-state index < -0.39 is 6.04 Å². The van der Waals surface area contributed by atoms with Gasteiger partial charge in [0.15, 0.2) is 0 Å². The molecule has 4 rings (SSSR count). The molecule has 2 amide bonds. The van der Waals surface area contributed by atoms with Crippen LogP contribution in [0.1, 0.15) is 38.2 Å². The number of benzene rings is 1. The van der Waals surface area contributed by atoms with Gasteiger partial charge in [0.2, 0.25) is 11.8 Å². The third-order valence-electron chi connectivity index (χ3n) is 6.24. The molecule has 1 aromatic carbocycles. The van der Waals surface area contributed by atoms with Gasteiger partial charge in [0, 0.05) is 37.3 Å².